The molecule has 0 aliphatic heterocycles. The molecule has 1 aromatic carbocycles. The Morgan fingerprint density at radius 2 is 1.95 bits per heavy atom. The molecule has 7 heteroatoms. The van der Waals surface area contributed by atoms with Crippen molar-refractivity contribution >= 4 is 12.0 Å². The zero-order chi connectivity index (χ0) is 15.8. The Labute approximate surface area is 122 Å². The number of hydrogen-bond donors (Lipinski definition) is 5. The topological polar surface area (TPSA) is 119 Å². The first-order valence-electron chi connectivity index (χ1n) is 6.72. The molecule has 1 atom stereocenters. The number of nitrogens with one attached hydrogen (secondary N) is 2. The van der Waals surface area contributed by atoms with Gasteiger partial charge in [0.05, 0.1) is 0 Å². The third-order valence-corrected chi connectivity index (χ3v) is 2.90. The van der Waals surface area contributed by atoms with Crippen molar-refractivity contribution in [3.63, 3.8) is 0 Å². The van der Waals surface area contributed by atoms with Crippen molar-refractivity contribution in [3.05, 3.63) is 23.8 Å². The Kier molecular flexibility index (Phi) is 6.32. The predicted molar refractivity (Wildman–Crippen MR) is 76.3 cm³/mol. The number of hydrogen-bond acceptors (Lipinski definition) is 4. The minimum atomic E-state index is -1.17. The van der Waals surface area contributed by atoms with Crippen LogP contribution in [0.15, 0.2) is 18.2 Å². The number of carbonyl (C=O) groups is 2. The second-order valence-corrected chi connectivity index (χ2v) is 4.67. The Morgan fingerprint density at radius 3 is 2.52 bits per heavy atom. The molecule has 0 aromatic heterocycles. The number of urea groups is 1. The molecule has 5 N–H and O–H groups in total. The highest BCUT2D eigenvalue weighted by Crippen LogP contribution is 2.25. The minimum absolute atomic E-state index is 0.00434. The molecule has 0 saturated heterocycles. The number of aromatic hydroxyl groups is 2. The number of aliphatic carboxylic acids is 1. The van der Waals surface area contributed by atoms with Crippen LogP contribution in [0.2, 0.25) is 0 Å². The molecule has 7 nitrogen and oxygen atoms in total. The van der Waals surface area contributed by atoms with Gasteiger partial charge in [-0.25, -0.2) is 9.59 Å². The van der Waals surface area contributed by atoms with Gasteiger partial charge in [-0.1, -0.05) is 19.4 Å². The van der Waals surface area contributed by atoms with Crippen LogP contribution in [-0.2, 0) is 11.2 Å². The highest BCUT2D eigenvalue weighted by atomic mass is 16.4. The molecule has 0 unspecified atom stereocenters. The number of unbranched alkanes of at least 4 members (excludes halogenated alkanes) is 1. The fraction of sp³-hybridized carbons (Fsp3) is 0.429. The standard InChI is InChI=1S/C14H20N2O5/c1-2-3-6-15-14(21)16-10(13(19)20)7-9-4-5-11(17)12(18)8-9/h4-5,8,10,17-18H,2-3,6-7H2,1H3,(H,19,20)(H2,15,16,21)/t10-/m0/s1. The van der Waals surface area contributed by atoms with E-state index in [1.807, 2.05) is 6.92 Å². The van der Waals surface area contributed by atoms with Crippen molar-refractivity contribution in [2.24, 2.45) is 0 Å². The smallest absolute Gasteiger partial charge is 0.326 e. The van der Waals surface area contributed by atoms with Gasteiger partial charge in [-0.3, -0.25) is 0 Å². The molecule has 2 amide bonds. The summed E-state index contributed by atoms with van der Waals surface area (Å²) in [6.45, 7) is 2.46. The van der Waals surface area contributed by atoms with Gasteiger partial charge in [0.15, 0.2) is 11.5 Å². The van der Waals surface area contributed by atoms with E-state index in [4.69, 9.17) is 5.11 Å². The van der Waals surface area contributed by atoms with Crippen LogP contribution in [0, 0.1) is 0 Å². The molecule has 0 spiro atoms. The van der Waals surface area contributed by atoms with Gasteiger partial charge in [-0.2, -0.15) is 0 Å². The van der Waals surface area contributed by atoms with Crippen LogP contribution in [0.5, 0.6) is 11.5 Å². The molecular weight excluding hydrogens is 276 g/mol. The van der Waals surface area contributed by atoms with Crippen LogP contribution in [0.3, 0.4) is 0 Å². The van der Waals surface area contributed by atoms with Gasteiger partial charge in [-0.05, 0) is 24.1 Å². The fourth-order valence-electron chi connectivity index (χ4n) is 1.72. The van der Waals surface area contributed by atoms with Gasteiger partial charge < -0.3 is 26.0 Å². The van der Waals surface area contributed by atoms with E-state index < -0.39 is 18.0 Å². The molecule has 0 fully saturated rings. The number of carbonyl (C=O) groups excluding carboxylic acids is 1. The van der Waals surface area contributed by atoms with E-state index in [0.717, 1.165) is 12.8 Å². The van der Waals surface area contributed by atoms with E-state index in [2.05, 4.69) is 10.6 Å². The minimum Gasteiger partial charge on any atom is -0.504 e. The largest absolute Gasteiger partial charge is 0.504 e. The quantitative estimate of drug-likeness (QED) is 0.382. The summed E-state index contributed by atoms with van der Waals surface area (Å²) >= 11 is 0. The fourth-order valence-corrected chi connectivity index (χ4v) is 1.72. The molecule has 1 rings (SSSR count). The van der Waals surface area contributed by atoms with Gasteiger partial charge in [0, 0.05) is 13.0 Å². The van der Waals surface area contributed by atoms with Gasteiger partial charge in [0.1, 0.15) is 6.04 Å². The molecule has 0 heterocycles. The molecule has 116 valence electrons. The average Bonchev–Trinajstić information content (AvgIpc) is 2.42. The SMILES string of the molecule is CCCCNC(=O)N[C@@H](Cc1ccc(O)c(O)c1)C(=O)O. The van der Waals surface area contributed by atoms with Crippen molar-refractivity contribution in [1.29, 1.82) is 0 Å². The van der Waals surface area contributed by atoms with E-state index in [1.54, 1.807) is 0 Å². The summed E-state index contributed by atoms with van der Waals surface area (Å²) in [6, 6.07) is 2.36. The molecule has 21 heavy (non-hydrogen) atoms. The summed E-state index contributed by atoms with van der Waals surface area (Å²) in [5, 5.41) is 32.6. The van der Waals surface area contributed by atoms with E-state index in [0.29, 0.717) is 12.1 Å². The highest BCUT2D eigenvalue weighted by Gasteiger charge is 2.20. The molecule has 0 saturated carbocycles. The van der Waals surface area contributed by atoms with Crippen LogP contribution < -0.4 is 10.6 Å². The summed E-state index contributed by atoms with van der Waals surface area (Å²) < 4.78 is 0. The maximum atomic E-state index is 11.6. The van der Waals surface area contributed by atoms with Crippen LogP contribution >= 0.6 is 0 Å². The first kappa shape index (κ1) is 16.6. The van der Waals surface area contributed by atoms with Crippen molar-refractivity contribution in [2.75, 3.05) is 6.54 Å². The maximum Gasteiger partial charge on any atom is 0.326 e. The van der Waals surface area contributed by atoms with Crippen LogP contribution in [0.1, 0.15) is 25.3 Å². The second-order valence-electron chi connectivity index (χ2n) is 4.67. The molecule has 0 radical (unpaired) electrons. The van der Waals surface area contributed by atoms with Crippen molar-refractivity contribution in [1.82, 2.24) is 10.6 Å². The lowest BCUT2D eigenvalue weighted by atomic mass is 10.1. The lowest BCUT2D eigenvalue weighted by Gasteiger charge is -2.15. The third kappa shape index (κ3) is 5.60. The lowest BCUT2D eigenvalue weighted by molar-refractivity contribution is -0.139. The Bertz CT molecular complexity index is 504. The lowest BCUT2D eigenvalue weighted by Crippen LogP contribution is -2.47. The van der Waals surface area contributed by atoms with Gasteiger partial charge in [0.2, 0.25) is 0 Å². The number of amides is 2. The van der Waals surface area contributed by atoms with Crippen LogP contribution in [0.4, 0.5) is 4.79 Å². The van der Waals surface area contributed by atoms with Crippen molar-refractivity contribution in [3.8, 4) is 11.5 Å². The summed E-state index contributed by atoms with van der Waals surface area (Å²) in [6.07, 6.45) is 1.75. The normalized spacial score (nSPS) is 11.7. The molecule has 0 aliphatic rings. The number of phenols is 2. The van der Waals surface area contributed by atoms with E-state index >= 15 is 0 Å². The average molecular weight is 296 g/mol. The summed E-state index contributed by atoms with van der Waals surface area (Å²) in [5.41, 5.74) is 0.492. The number of carboxylic acids is 1. The number of rotatable bonds is 7. The summed E-state index contributed by atoms with van der Waals surface area (Å²) in [5.74, 6) is -1.78. The molecular formula is C14H20N2O5. The monoisotopic (exact) mass is 296 g/mol. The number of carboxylic acid groups (broad SMARTS) is 1. The van der Waals surface area contributed by atoms with E-state index in [9.17, 15) is 19.8 Å². The third-order valence-electron chi connectivity index (χ3n) is 2.90. The number of phenolic OH excluding ortho intramolecular Hbond substituents is 2. The predicted octanol–water partition coefficient (Wildman–Crippen LogP) is 1.19. The van der Waals surface area contributed by atoms with Gasteiger partial charge in [0.25, 0.3) is 0 Å². The first-order chi connectivity index (χ1) is 9.93. The summed E-state index contributed by atoms with van der Waals surface area (Å²) in [7, 11) is 0. The molecule has 0 bridgehead atoms. The van der Waals surface area contributed by atoms with E-state index in [1.165, 1.54) is 18.2 Å². The Hall–Kier alpha value is -2.44. The van der Waals surface area contributed by atoms with Crippen LogP contribution in [-0.4, -0.2) is 39.9 Å². The first-order valence-corrected chi connectivity index (χ1v) is 6.72. The zero-order valence-corrected chi connectivity index (χ0v) is 11.8. The maximum absolute atomic E-state index is 11.6. The zero-order valence-electron chi connectivity index (χ0n) is 11.8. The Morgan fingerprint density at radius 1 is 1.24 bits per heavy atom. The Balaban J connectivity index is 2.63. The highest BCUT2D eigenvalue weighted by molar-refractivity contribution is 5.82. The van der Waals surface area contributed by atoms with E-state index in [-0.39, 0.29) is 17.9 Å². The molecule has 0 aliphatic carbocycles. The van der Waals surface area contributed by atoms with Crippen LogP contribution in [0.25, 0.3) is 0 Å². The van der Waals surface area contributed by atoms with Crippen molar-refractivity contribution < 1.29 is 24.9 Å². The second kappa shape index (κ2) is 7.98. The van der Waals surface area contributed by atoms with Gasteiger partial charge >= 0.3 is 12.0 Å². The number of benzene rings is 1. The molecule has 1 aromatic rings. The van der Waals surface area contributed by atoms with Gasteiger partial charge in [-0.15, -0.1) is 0 Å². The summed E-state index contributed by atoms with van der Waals surface area (Å²) in [4.78, 5) is 22.7. The van der Waals surface area contributed by atoms with Crippen molar-refractivity contribution in [2.45, 2.75) is 32.2 Å².